The van der Waals surface area contributed by atoms with Crippen LogP contribution in [0.3, 0.4) is 0 Å². The molecular weight excluding hydrogens is 504 g/mol. The Morgan fingerprint density at radius 1 is 1.11 bits per heavy atom. The molecule has 1 aliphatic rings. The van der Waals surface area contributed by atoms with Crippen molar-refractivity contribution in [2.45, 2.75) is 19.9 Å². The number of anilines is 3. The van der Waals surface area contributed by atoms with Crippen LogP contribution in [0.1, 0.15) is 40.3 Å². The number of pyridine rings is 2. The third kappa shape index (κ3) is 5.01. The summed E-state index contributed by atoms with van der Waals surface area (Å²) in [6, 6.07) is 14.8. The molecule has 1 fully saturated rings. The summed E-state index contributed by atoms with van der Waals surface area (Å²) in [4.78, 5) is 34.0. The monoisotopic (exact) mass is 528 g/mol. The molecule has 10 nitrogen and oxygen atoms in total. The van der Waals surface area contributed by atoms with Crippen molar-refractivity contribution in [3.8, 4) is 6.07 Å². The lowest BCUT2D eigenvalue weighted by atomic mass is 10.0. The summed E-state index contributed by atoms with van der Waals surface area (Å²) in [5, 5.41) is 22.8. The Morgan fingerprint density at radius 2 is 1.87 bits per heavy atom. The van der Waals surface area contributed by atoms with Crippen LogP contribution in [0, 0.1) is 18.3 Å². The molecular formula is C27H25ClN8O2. The van der Waals surface area contributed by atoms with E-state index >= 15 is 0 Å². The fraction of sp³-hybridized carbons (Fsp3) is 0.259. The van der Waals surface area contributed by atoms with Crippen LogP contribution in [0.5, 0.6) is 0 Å². The van der Waals surface area contributed by atoms with Gasteiger partial charge in [-0.3, -0.25) is 0 Å². The highest BCUT2D eigenvalue weighted by Gasteiger charge is 2.24. The summed E-state index contributed by atoms with van der Waals surface area (Å²) < 4.78 is 0. The quantitative estimate of drug-likeness (QED) is 0.346. The van der Waals surface area contributed by atoms with E-state index in [2.05, 4.69) is 36.1 Å². The van der Waals surface area contributed by atoms with Gasteiger partial charge < -0.3 is 20.2 Å². The molecule has 11 heteroatoms. The number of benzene rings is 1. The van der Waals surface area contributed by atoms with Crippen LogP contribution >= 0.6 is 11.6 Å². The lowest BCUT2D eigenvalue weighted by Gasteiger charge is -2.36. The Hall–Kier alpha value is -4.49. The van der Waals surface area contributed by atoms with Crippen molar-refractivity contribution in [3.63, 3.8) is 0 Å². The van der Waals surface area contributed by atoms with Gasteiger partial charge in [-0.2, -0.15) is 5.26 Å². The molecule has 0 amide bonds. The summed E-state index contributed by atoms with van der Waals surface area (Å²) in [5.74, 6) is 0.284. The van der Waals surface area contributed by atoms with Gasteiger partial charge in [-0.25, -0.2) is 24.7 Å². The minimum Gasteiger partial charge on any atom is -0.476 e. The van der Waals surface area contributed by atoms with Crippen molar-refractivity contribution < 1.29 is 9.90 Å². The number of hydrogen-bond acceptors (Lipinski definition) is 9. The number of hydrogen-bond donors (Lipinski definition) is 2. The van der Waals surface area contributed by atoms with Crippen LogP contribution in [0.25, 0.3) is 11.0 Å². The van der Waals surface area contributed by atoms with E-state index in [4.69, 9.17) is 16.6 Å². The molecule has 0 saturated carbocycles. The number of halogens is 1. The number of nitrogens with one attached hydrogen (secondary N) is 1. The maximum Gasteiger partial charge on any atom is 0.356 e. The SMILES string of the molecule is Cc1cc([C@@H](C)Nc2ccc(Cl)nc2C(=O)O)c2nc(N3CCN(c4ccccn4)CC3)c(C#N)nc2c1. The van der Waals surface area contributed by atoms with E-state index in [-0.39, 0.29) is 22.6 Å². The number of carbonyl (C=O) groups is 1. The first-order valence-corrected chi connectivity index (χ1v) is 12.5. The summed E-state index contributed by atoms with van der Waals surface area (Å²) in [6.07, 6.45) is 1.78. The van der Waals surface area contributed by atoms with E-state index in [0.29, 0.717) is 35.6 Å². The number of aromatic nitrogens is 4. The molecule has 0 unspecified atom stereocenters. The average Bonchev–Trinajstić information content (AvgIpc) is 2.93. The summed E-state index contributed by atoms with van der Waals surface area (Å²) in [7, 11) is 0. The summed E-state index contributed by atoms with van der Waals surface area (Å²) in [6.45, 7) is 6.67. The van der Waals surface area contributed by atoms with E-state index in [9.17, 15) is 15.2 Å². The molecule has 1 aliphatic heterocycles. The molecule has 0 aliphatic carbocycles. The van der Waals surface area contributed by atoms with Gasteiger partial charge in [-0.1, -0.05) is 23.7 Å². The summed E-state index contributed by atoms with van der Waals surface area (Å²) >= 11 is 5.92. The number of rotatable bonds is 6. The minimum atomic E-state index is -1.18. The molecule has 1 aromatic carbocycles. The van der Waals surface area contributed by atoms with E-state index < -0.39 is 5.97 Å². The van der Waals surface area contributed by atoms with Crippen LogP contribution in [0.2, 0.25) is 5.15 Å². The fourth-order valence-electron chi connectivity index (χ4n) is 4.66. The molecule has 4 aromatic rings. The van der Waals surface area contributed by atoms with E-state index in [1.54, 1.807) is 18.3 Å². The zero-order chi connectivity index (χ0) is 26.8. The largest absolute Gasteiger partial charge is 0.476 e. The molecule has 1 atom stereocenters. The lowest BCUT2D eigenvalue weighted by molar-refractivity contribution is 0.0691. The van der Waals surface area contributed by atoms with Crippen molar-refractivity contribution >= 4 is 45.9 Å². The number of carboxylic acids is 1. The number of aryl methyl sites for hydroxylation is 1. The van der Waals surface area contributed by atoms with Crippen molar-refractivity contribution in [2.75, 3.05) is 41.3 Å². The van der Waals surface area contributed by atoms with Gasteiger partial charge in [0, 0.05) is 37.9 Å². The predicted molar refractivity (Wildman–Crippen MR) is 146 cm³/mol. The molecule has 5 rings (SSSR count). The van der Waals surface area contributed by atoms with Gasteiger partial charge in [0.15, 0.2) is 17.2 Å². The first kappa shape index (κ1) is 25.2. The van der Waals surface area contributed by atoms with Gasteiger partial charge in [-0.15, -0.1) is 0 Å². The smallest absolute Gasteiger partial charge is 0.356 e. The zero-order valence-electron chi connectivity index (χ0n) is 20.9. The van der Waals surface area contributed by atoms with E-state index in [1.165, 1.54) is 0 Å². The Morgan fingerprint density at radius 3 is 2.55 bits per heavy atom. The molecule has 1 saturated heterocycles. The highest BCUT2D eigenvalue weighted by Crippen LogP contribution is 2.31. The average molecular weight is 529 g/mol. The van der Waals surface area contributed by atoms with Crippen LogP contribution in [0.15, 0.2) is 48.7 Å². The lowest BCUT2D eigenvalue weighted by Crippen LogP contribution is -2.47. The Bertz CT molecular complexity index is 1550. The number of carboxylic acid groups (broad SMARTS) is 1. The third-order valence-electron chi connectivity index (χ3n) is 6.49. The Kier molecular flexibility index (Phi) is 6.94. The number of nitrogens with zero attached hydrogens (tertiary/aromatic N) is 7. The molecule has 3 aromatic heterocycles. The highest BCUT2D eigenvalue weighted by molar-refractivity contribution is 6.29. The topological polar surface area (TPSA) is 131 Å². The first-order valence-electron chi connectivity index (χ1n) is 12.1. The van der Waals surface area contributed by atoms with Gasteiger partial charge in [-0.05, 0) is 49.7 Å². The number of piperazine rings is 1. The van der Waals surface area contributed by atoms with Crippen LogP contribution in [-0.2, 0) is 0 Å². The second kappa shape index (κ2) is 10.5. The molecule has 2 N–H and O–H groups in total. The van der Waals surface area contributed by atoms with E-state index in [0.717, 1.165) is 30.0 Å². The van der Waals surface area contributed by atoms with Gasteiger partial charge in [0.25, 0.3) is 0 Å². The van der Waals surface area contributed by atoms with Crippen molar-refractivity contribution in [1.29, 1.82) is 5.26 Å². The van der Waals surface area contributed by atoms with Gasteiger partial charge >= 0.3 is 5.97 Å². The van der Waals surface area contributed by atoms with E-state index in [1.807, 2.05) is 44.2 Å². The highest BCUT2D eigenvalue weighted by atomic mass is 35.5. The van der Waals surface area contributed by atoms with Crippen molar-refractivity contribution in [1.82, 2.24) is 19.9 Å². The second-order valence-electron chi connectivity index (χ2n) is 9.09. The molecule has 0 spiro atoms. The Balaban J connectivity index is 1.49. The molecule has 38 heavy (non-hydrogen) atoms. The molecule has 0 bridgehead atoms. The van der Waals surface area contributed by atoms with Crippen LogP contribution < -0.4 is 15.1 Å². The van der Waals surface area contributed by atoms with Crippen LogP contribution in [0.4, 0.5) is 17.3 Å². The van der Waals surface area contributed by atoms with Gasteiger partial charge in [0.05, 0.1) is 22.8 Å². The summed E-state index contributed by atoms with van der Waals surface area (Å²) in [5.41, 5.74) is 3.49. The maximum absolute atomic E-state index is 11.7. The number of nitriles is 1. The number of fused-ring (bicyclic) bond motifs is 1. The van der Waals surface area contributed by atoms with Crippen molar-refractivity contribution in [2.24, 2.45) is 0 Å². The molecule has 0 radical (unpaired) electrons. The normalized spacial score (nSPS) is 14.3. The minimum absolute atomic E-state index is 0.101. The Labute approximate surface area is 224 Å². The predicted octanol–water partition coefficient (Wildman–Crippen LogP) is 4.45. The third-order valence-corrected chi connectivity index (χ3v) is 6.70. The molecule has 4 heterocycles. The second-order valence-corrected chi connectivity index (χ2v) is 9.48. The first-order chi connectivity index (χ1) is 18.3. The standard InChI is InChI=1S/C27H25ClN8O2/c1-16-13-18(17(2)31-19-6-7-22(28)33-25(19)27(37)38)24-20(14-16)32-21(15-29)26(34-24)36-11-9-35(10-12-36)23-5-3-4-8-30-23/h3-8,13-14,17,31H,9-12H2,1-2H3,(H,37,38)/t17-/m1/s1. The van der Waals surface area contributed by atoms with Gasteiger partial charge in [0.1, 0.15) is 17.0 Å². The maximum atomic E-state index is 11.7. The van der Waals surface area contributed by atoms with Crippen molar-refractivity contribution in [3.05, 3.63) is 76.3 Å². The fourth-order valence-corrected chi connectivity index (χ4v) is 4.81. The van der Waals surface area contributed by atoms with Crippen LogP contribution in [-0.4, -0.2) is 57.2 Å². The van der Waals surface area contributed by atoms with Gasteiger partial charge in [0.2, 0.25) is 0 Å². The number of aromatic carboxylic acids is 1. The zero-order valence-corrected chi connectivity index (χ0v) is 21.6. The molecule has 192 valence electrons.